The largest absolute Gasteiger partial charge is 0.463 e. The highest BCUT2D eigenvalue weighted by atomic mass is 16.5. The third kappa shape index (κ3) is 3.49. The molecule has 0 aliphatic heterocycles. The maximum absolute atomic E-state index is 11.6. The number of aryl methyl sites for hydroxylation is 1. The number of carbonyl (C=O) groups excluding carboxylic acids is 1. The van der Waals surface area contributed by atoms with E-state index in [4.69, 9.17) is 9.15 Å². The fraction of sp³-hybridized carbons (Fsp3) is 0.375. The minimum atomic E-state index is -0.443. The smallest absolute Gasteiger partial charge is 0.374 e. The number of pyridine rings is 1. The molecule has 21 heavy (non-hydrogen) atoms. The lowest BCUT2D eigenvalue weighted by Crippen LogP contribution is -2.21. The van der Waals surface area contributed by atoms with Gasteiger partial charge < -0.3 is 9.15 Å². The number of carbonyl (C=O) groups is 1. The van der Waals surface area contributed by atoms with Crippen LogP contribution >= 0.6 is 0 Å². The predicted octanol–water partition coefficient (Wildman–Crippen LogP) is 2.96. The van der Waals surface area contributed by atoms with Crippen molar-refractivity contribution < 1.29 is 13.9 Å². The quantitative estimate of drug-likeness (QED) is 0.792. The number of aromatic nitrogens is 1. The Morgan fingerprint density at radius 2 is 2.29 bits per heavy atom. The molecule has 0 spiro atoms. The molecule has 2 heterocycles. The Balaban J connectivity index is 2.09. The van der Waals surface area contributed by atoms with E-state index in [2.05, 4.69) is 16.8 Å². The van der Waals surface area contributed by atoms with Crippen molar-refractivity contribution in [3.8, 4) is 0 Å². The predicted molar refractivity (Wildman–Crippen MR) is 78.9 cm³/mol. The highest BCUT2D eigenvalue weighted by Crippen LogP contribution is 2.22. The van der Waals surface area contributed by atoms with E-state index in [1.165, 1.54) is 7.11 Å². The van der Waals surface area contributed by atoms with Crippen molar-refractivity contribution >= 4 is 5.97 Å². The second kappa shape index (κ2) is 6.54. The second-order valence-electron chi connectivity index (χ2n) is 5.09. The summed E-state index contributed by atoms with van der Waals surface area (Å²) in [6, 6.07) is 6.04. The van der Waals surface area contributed by atoms with E-state index in [9.17, 15) is 4.79 Å². The van der Waals surface area contributed by atoms with Gasteiger partial charge in [0.05, 0.1) is 13.7 Å². The molecule has 2 aromatic heterocycles. The monoisotopic (exact) mass is 288 g/mol. The van der Waals surface area contributed by atoms with Gasteiger partial charge in [0.15, 0.2) is 0 Å². The Bertz CT molecular complexity index is 607. The number of ether oxygens (including phenoxy) is 1. The zero-order valence-corrected chi connectivity index (χ0v) is 12.8. The molecule has 5 nitrogen and oxygen atoms in total. The van der Waals surface area contributed by atoms with Crippen molar-refractivity contribution in [1.82, 2.24) is 9.88 Å². The molecule has 0 saturated heterocycles. The van der Waals surface area contributed by atoms with Crippen LogP contribution in [0.15, 0.2) is 35.0 Å². The Kier molecular flexibility index (Phi) is 4.75. The summed E-state index contributed by atoms with van der Waals surface area (Å²) in [7, 11) is 3.36. The summed E-state index contributed by atoms with van der Waals surface area (Å²) >= 11 is 0. The fourth-order valence-electron chi connectivity index (χ4n) is 2.18. The molecule has 2 aromatic rings. The highest BCUT2D eigenvalue weighted by Gasteiger charge is 2.19. The zero-order valence-electron chi connectivity index (χ0n) is 12.8. The van der Waals surface area contributed by atoms with E-state index in [1.807, 2.05) is 38.4 Å². The third-order valence-electron chi connectivity index (χ3n) is 3.57. The molecule has 0 saturated carbocycles. The van der Waals surface area contributed by atoms with Gasteiger partial charge in [-0.1, -0.05) is 6.07 Å². The van der Waals surface area contributed by atoms with Crippen LogP contribution in [0.3, 0.4) is 0 Å². The molecule has 0 aromatic carbocycles. The molecule has 2 rings (SSSR count). The van der Waals surface area contributed by atoms with Crippen LogP contribution in [0, 0.1) is 6.92 Å². The van der Waals surface area contributed by atoms with Crippen molar-refractivity contribution in [2.24, 2.45) is 0 Å². The third-order valence-corrected chi connectivity index (χ3v) is 3.57. The molecule has 0 unspecified atom stereocenters. The van der Waals surface area contributed by atoms with Crippen LogP contribution in [-0.4, -0.2) is 30.0 Å². The van der Waals surface area contributed by atoms with Gasteiger partial charge in [-0.05, 0) is 38.6 Å². The van der Waals surface area contributed by atoms with Gasteiger partial charge in [-0.3, -0.25) is 9.88 Å². The zero-order chi connectivity index (χ0) is 15.4. The van der Waals surface area contributed by atoms with E-state index in [-0.39, 0.29) is 11.8 Å². The molecule has 0 fully saturated rings. The van der Waals surface area contributed by atoms with Crippen LogP contribution in [0.4, 0.5) is 0 Å². The van der Waals surface area contributed by atoms with Gasteiger partial charge >= 0.3 is 5.97 Å². The lowest BCUT2D eigenvalue weighted by atomic mass is 10.1. The molecule has 0 aliphatic rings. The van der Waals surface area contributed by atoms with E-state index >= 15 is 0 Å². The van der Waals surface area contributed by atoms with Gasteiger partial charge in [-0.15, -0.1) is 0 Å². The summed E-state index contributed by atoms with van der Waals surface area (Å²) in [4.78, 5) is 17.8. The highest BCUT2D eigenvalue weighted by molar-refractivity contribution is 5.87. The molecule has 0 N–H and O–H groups in total. The van der Waals surface area contributed by atoms with Gasteiger partial charge in [0.25, 0.3) is 0 Å². The van der Waals surface area contributed by atoms with E-state index in [1.54, 1.807) is 6.20 Å². The number of rotatable bonds is 5. The number of hydrogen-bond donors (Lipinski definition) is 0. The average molecular weight is 288 g/mol. The first-order valence-corrected chi connectivity index (χ1v) is 6.80. The Hall–Kier alpha value is -2.14. The number of nitrogens with zero attached hydrogens (tertiary/aromatic N) is 2. The molecular weight excluding hydrogens is 268 g/mol. The van der Waals surface area contributed by atoms with Crippen LogP contribution in [-0.2, 0) is 11.3 Å². The summed E-state index contributed by atoms with van der Waals surface area (Å²) in [5.41, 5.74) is 1.93. The summed E-state index contributed by atoms with van der Waals surface area (Å²) < 4.78 is 10.3. The van der Waals surface area contributed by atoms with Gasteiger partial charge in [-0.25, -0.2) is 4.79 Å². The van der Waals surface area contributed by atoms with Crippen molar-refractivity contribution in [3.63, 3.8) is 0 Å². The molecule has 5 heteroatoms. The van der Waals surface area contributed by atoms with Gasteiger partial charge in [0, 0.05) is 24.0 Å². The van der Waals surface area contributed by atoms with Crippen LogP contribution < -0.4 is 0 Å². The Labute approximate surface area is 124 Å². The summed E-state index contributed by atoms with van der Waals surface area (Å²) in [6.45, 7) is 4.55. The summed E-state index contributed by atoms with van der Waals surface area (Å²) in [6.07, 6.45) is 3.61. The van der Waals surface area contributed by atoms with Crippen molar-refractivity contribution in [1.29, 1.82) is 0 Å². The molecule has 112 valence electrons. The number of furan rings is 1. The van der Waals surface area contributed by atoms with Crippen molar-refractivity contribution in [2.45, 2.75) is 26.4 Å². The first kappa shape index (κ1) is 15.3. The number of methoxy groups -OCH3 is 1. The van der Waals surface area contributed by atoms with Crippen LogP contribution in [0.1, 0.15) is 40.4 Å². The first-order chi connectivity index (χ1) is 10.0. The normalized spacial score (nSPS) is 12.4. The van der Waals surface area contributed by atoms with Gasteiger partial charge in [-0.2, -0.15) is 0 Å². The second-order valence-corrected chi connectivity index (χ2v) is 5.09. The summed E-state index contributed by atoms with van der Waals surface area (Å²) in [5, 5.41) is 0. The maximum atomic E-state index is 11.6. The molecule has 1 atom stereocenters. The van der Waals surface area contributed by atoms with E-state index < -0.39 is 5.97 Å². The van der Waals surface area contributed by atoms with Crippen molar-refractivity contribution in [2.75, 3.05) is 14.2 Å². The molecule has 0 radical (unpaired) electrons. The van der Waals surface area contributed by atoms with E-state index in [0.29, 0.717) is 6.54 Å². The summed E-state index contributed by atoms with van der Waals surface area (Å²) in [5.74, 6) is 0.572. The average Bonchev–Trinajstić information content (AvgIpc) is 2.87. The lowest BCUT2D eigenvalue weighted by molar-refractivity contribution is 0.0560. The van der Waals surface area contributed by atoms with Crippen LogP contribution in [0.25, 0.3) is 0 Å². The number of hydrogen-bond acceptors (Lipinski definition) is 5. The first-order valence-electron chi connectivity index (χ1n) is 6.80. The fourth-order valence-corrected chi connectivity index (χ4v) is 2.18. The molecule has 0 aliphatic carbocycles. The van der Waals surface area contributed by atoms with Crippen molar-refractivity contribution in [3.05, 3.63) is 53.2 Å². The topological polar surface area (TPSA) is 55.6 Å². The molecule has 0 bridgehead atoms. The standard InChI is InChI=1S/C16H20N2O3/c1-11-8-14(21-15(11)16(19)20-4)10-18(3)12(2)13-6-5-7-17-9-13/h5-9,12H,10H2,1-4H3/t12-/m0/s1. The minimum absolute atomic E-state index is 0.200. The van der Waals surface area contributed by atoms with Gasteiger partial charge in [0.1, 0.15) is 5.76 Å². The Morgan fingerprint density at radius 3 is 2.90 bits per heavy atom. The molecular formula is C16H20N2O3. The maximum Gasteiger partial charge on any atom is 0.374 e. The van der Waals surface area contributed by atoms with Gasteiger partial charge in [0.2, 0.25) is 5.76 Å². The van der Waals surface area contributed by atoms with E-state index in [0.717, 1.165) is 16.9 Å². The molecule has 0 amide bonds. The number of esters is 1. The Morgan fingerprint density at radius 1 is 1.52 bits per heavy atom. The SMILES string of the molecule is COC(=O)c1oc(CN(C)[C@@H](C)c2cccnc2)cc1C. The lowest BCUT2D eigenvalue weighted by Gasteiger charge is -2.23. The van der Waals surface area contributed by atoms with Crippen LogP contribution in [0.2, 0.25) is 0 Å². The van der Waals surface area contributed by atoms with Crippen LogP contribution in [0.5, 0.6) is 0 Å². The minimum Gasteiger partial charge on any atom is -0.463 e.